The molecule has 0 bridgehead atoms. The van der Waals surface area contributed by atoms with E-state index >= 15 is 0 Å². The maximum Gasteiger partial charge on any atom is 0.320 e. The zero-order valence-electron chi connectivity index (χ0n) is 15.3. The first-order valence-corrected chi connectivity index (χ1v) is 9.26. The fraction of sp³-hybridized carbons (Fsp3) is 0.944. The van der Waals surface area contributed by atoms with Gasteiger partial charge in [-0.2, -0.15) is 0 Å². The Kier molecular flexibility index (Phi) is 7.80. The molecule has 5 nitrogen and oxygen atoms in total. The summed E-state index contributed by atoms with van der Waals surface area (Å²) in [6, 6.07) is 0. The zero-order chi connectivity index (χ0) is 16.7. The molecule has 0 aliphatic carbocycles. The standard InChI is InChI=1S/C18H35N3O2/c1-19(2)9-4-14-23-18(22)15-21-12-7-17(8-13-21)16-5-10-20(3)11-6-16/h16-17H,4-15H2,1-3H3. The van der Waals surface area contributed by atoms with Crippen molar-refractivity contribution in [1.82, 2.24) is 14.7 Å². The van der Waals surface area contributed by atoms with Crippen molar-refractivity contribution in [2.24, 2.45) is 11.8 Å². The van der Waals surface area contributed by atoms with Gasteiger partial charge in [-0.3, -0.25) is 9.69 Å². The fourth-order valence-electron chi connectivity index (χ4n) is 3.88. The van der Waals surface area contributed by atoms with E-state index < -0.39 is 0 Å². The van der Waals surface area contributed by atoms with Crippen LogP contribution in [0.2, 0.25) is 0 Å². The third-order valence-corrected chi connectivity index (χ3v) is 5.43. The molecule has 0 N–H and O–H groups in total. The highest BCUT2D eigenvalue weighted by atomic mass is 16.5. The molecule has 0 aromatic heterocycles. The van der Waals surface area contributed by atoms with Gasteiger partial charge in [0.25, 0.3) is 0 Å². The molecule has 2 fully saturated rings. The third-order valence-electron chi connectivity index (χ3n) is 5.43. The molecule has 2 aliphatic heterocycles. The van der Waals surface area contributed by atoms with Crippen molar-refractivity contribution < 1.29 is 9.53 Å². The van der Waals surface area contributed by atoms with Crippen LogP contribution in [0.4, 0.5) is 0 Å². The first kappa shape index (κ1) is 18.7. The minimum absolute atomic E-state index is 0.0542. The van der Waals surface area contributed by atoms with E-state index in [4.69, 9.17) is 4.74 Å². The number of hydrogen-bond donors (Lipinski definition) is 0. The first-order chi connectivity index (χ1) is 11.0. The van der Waals surface area contributed by atoms with E-state index in [0.717, 1.165) is 37.9 Å². The highest BCUT2D eigenvalue weighted by Crippen LogP contribution is 2.32. The van der Waals surface area contributed by atoms with Gasteiger partial charge in [-0.15, -0.1) is 0 Å². The second kappa shape index (κ2) is 9.60. The Morgan fingerprint density at radius 2 is 1.61 bits per heavy atom. The van der Waals surface area contributed by atoms with E-state index in [1.807, 2.05) is 14.1 Å². The van der Waals surface area contributed by atoms with Gasteiger partial charge in [-0.1, -0.05) is 0 Å². The van der Waals surface area contributed by atoms with E-state index in [1.165, 1.54) is 38.8 Å². The summed E-state index contributed by atoms with van der Waals surface area (Å²) >= 11 is 0. The van der Waals surface area contributed by atoms with Crippen LogP contribution >= 0.6 is 0 Å². The number of hydrogen-bond acceptors (Lipinski definition) is 5. The Labute approximate surface area is 141 Å². The molecule has 0 aromatic carbocycles. The van der Waals surface area contributed by atoms with Crippen LogP contribution in [0.15, 0.2) is 0 Å². The fourth-order valence-corrected chi connectivity index (χ4v) is 3.88. The topological polar surface area (TPSA) is 36.0 Å². The van der Waals surface area contributed by atoms with Crippen molar-refractivity contribution in [2.75, 3.05) is 67.0 Å². The second-order valence-electron chi connectivity index (χ2n) is 7.63. The van der Waals surface area contributed by atoms with Crippen LogP contribution in [-0.2, 0) is 9.53 Å². The smallest absolute Gasteiger partial charge is 0.320 e. The monoisotopic (exact) mass is 325 g/mol. The molecule has 2 aliphatic rings. The zero-order valence-corrected chi connectivity index (χ0v) is 15.3. The predicted molar refractivity (Wildman–Crippen MR) is 93.5 cm³/mol. The molecular weight excluding hydrogens is 290 g/mol. The van der Waals surface area contributed by atoms with Crippen LogP contribution in [0.25, 0.3) is 0 Å². The Morgan fingerprint density at radius 1 is 1.04 bits per heavy atom. The number of esters is 1. The maximum absolute atomic E-state index is 11.9. The van der Waals surface area contributed by atoms with Crippen LogP contribution in [0.3, 0.4) is 0 Å². The largest absolute Gasteiger partial charge is 0.465 e. The number of piperidine rings is 2. The van der Waals surface area contributed by atoms with E-state index in [1.54, 1.807) is 0 Å². The first-order valence-electron chi connectivity index (χ1n) is 9.26. The molecule has 0 atom stereocenters. The van der Waals surface area contributed by atoms with E-state index in [0.29, 0.717) is 13.2 Å². The van der Waals surface area contributed by atoms with Gasteiger partial charge in [0.15, 0.2) is 0 Å². The van der Waals surface area contributed by atoms with Crippen LogP contribution in [0, 0.1) is 11.8 Å². The lowest BCUT2D eigenvalue weighted by atomic mass is 9.79. The summed E-state index contributed by atoms with van der Waals surface area (Å²) in [6.45, 7) is 6.61. The highest BCUT2D eigenvalue weighted by molar-refractivity contribution is 5.71. The Morgan fingerprint density at radius 3 is 2.17 bits per heavy atom. The molecule has 134 valence electrons. The lowest BCUT2D eigenvalue weighted by Gasteiger charge is -2.39. The lowest BCUT2D eigenvalue weighted by Crippen LogP contribution is -2.41. The minimum atomic E-state index is -0.0542. The summed E-state index contributed by atoms with van der Waals surface area (Å²) in [5.41, 5.74) is 0. The van der Waals surface area contributed by atoms with Crippen molar-refractivity contribution in [2.45, 2.75) is 32.1 Å². The molecule has 0 amide bonds. The predicted octanol–water partition coefficient (Wildman–Crippen LogP) is 1.54. The molecule has 23 heavy (non-hydrogen) atoms. The average molecular weight is 325 g/mol. The summed E-state index contributed by atoms with van der Waals surface area (Å²) in [6.07, 6.45) is 6.13. The highest BCUT2D eigenvalue weighted by Gasteiger charge is 2.29. The minimum Gasteiger partial charge on any atom is -0.465 e. The molecule has 0 radical (unpaired) electrons. The number of likely N-dealkylation sites (tertiary alicyclic amines) is 2. The second-order valence-corrected chi connectivity index (χ2v) is 7.63. The normalized spacial score (nSPS) is 22.6. The van der Waals surface area contributed by atoms with Crippen LogP contribution in [0.1, 0.15) is 32.1 Å². The van der Waals surface area contributed by atoms with Crippen LogP contribution in [0.5, 0.6) is 0 Å². The van der Waals surface area contributed by atoms with Gasteiger partial charge in [0.05, 0.1) is 13.2 Å². The van der Waals surface area contributed by atoms with Crippen molar-refractivity contribution in [1.29, 1.82) is 0 Å². The number of carbonyl (C=O) groups is 1. The molecule has 5 heteroatoms. The number of carbonyl (C=O) groups excluding carboxylic acids is 1. The van der Waals surface area contributed by atoms with Crippen molar-refractivity contribution in [3.8, 4) is 0 Å². The summed E-state index contributed by atoms with van der Waals surface area (Å²) < 4.78 is 5.34. The summed E-state index contributed by atoms with van der Waals surface area (Å²) in [7, 11) is 6.30. The maximum atomic E-state index is 11.9. The van der Waals surface area contributed by atoms with Gasteiger partial charge in [-0.25, -0.2) is 0 Å². The summed E-state index contributed by atoms with van der Waals surface area (Å²) in [4.78, 5) is 18.7. The Bertz CT molecular complexity index is 346. The van der Waals surface area contributed by atoms with Gasteiger partial charge in [0.1, 0.15) is 0 Å². The molecular formula is C18H35N3O2. The summed E-state index contributed by atoms with van der Waals surface area (Å²) in [5.74, 6) is 1.73. The Hall–Kier alpha value is -0.650. The van der Waals surface area contributed by atoms with E-state index in [9.17, 15) is 4.79 Å². The van der Waals surface area contributed by atoms with Crippen LogP contribution in [-0.4, -0.2) is 87.7 Å². The molecule has 2 heterocycles. The molecule has 0 aromatic rings. The molecule has 2 rings (SSSR count). The lowest BCUT2D eigenvalue weighted by molar-refractivity contribution is -0.145. The Balaban J connectivity index is 1.58. The van der Waals surface area contributed by atoms with Gasteiger partial charge in [0, 0.05) is 6.54 Å². The molecule has 0 saturated carbocycles. The number of rotatable bonds is 7. The van der Waals surface area contributed by atoms with Gasteiger partial charge < -0.3 is 14.5 Å². The van der Waals surface area contributed by atoms with Crippen molar-refractivity contribution >= 4 is 5.97 Å². The SMILES string of the molecule is CN(C)CCCOC(=O)CN1CCC(C2CCN(C)CC2)CC1. The third kappa shape index (κ3) is 6.77. The number of ether oxygens (including phenoxy) is 1. The van der Waals surface area contributed by atoms with E-state index in [-0.39, 0.29) is 5.97 Å². The van der Waals surface area contributed by atoms with Crippen molar-refractivity contribution in [3.05, 3.63) is 0 Å². The molecule has 0 unspecified atom stereocenters. The van der Waals surface area contributed by atoms with Gasteiger partial charge >= 0.3 is 5.97 Å². The van der Waals surface area contributed by atoms with Gasteiger partial charge in [0.2, 0.25) is 0 Å². The molecule has 2 saturated heterocycles. The summed E-state index contributed by atoms with van der Waals surface area (Å²) in [5, 5.41) is 0. The quantitative estimate of drug-likeness (QED) is 0.524. The molecule has 0 spiro atoms. The van der Waals surface area contributed by atoms with Crippen molar-refractivity contribution in [3.63, 3.8) is 0 Å². The van der Waals surface area contributed by atoms with Gasteiger partial charge in [-0.05, 0) is 91.3 Å². The number of nitrogens with zero attached hydrogens (tertiary/aromatic N) is 3. The van der Waals surface area contributed by atoms with E-state index in [2.05, 4.69) is 21.7 Å². The average Bonchev–Trinajstić information content (AvgIpc) is 2.53. The van der Waals surface area contributed by atoms with Crippen LogP contribution < -0.4 is 0 Å².